The maximum Gasteiger partial charge on any atom is 0.150 e. The van der Waals surface area contributed by atoms with Gasteiger partial charge in [-0.05, 0) is 37.1 Å². The van der Waals surface area contributed by atoms with Gasteiger partial charge in [0.25, 0.3) is 0 Å². The fraction of sp³-hybridized carbons (Fsp3) is 0.308. The molecule has 16 heavy (non-hydrogen) atoms. The predicted molar refractivity (Wildman–Crippen MR) is 61.5 cm³/mol. The molecule has 0 aliphatic heterocycles. The molecule has 0 spiro atoms. The number of aliphatic hydroxyl groups excluding tert-OH is 1. The quantitative estimate of drug-likeness (QED) is 0.798. The van der Waals surface area contributed by atoms with Gasteiger partial charge in [0.05, 0.1) is 6.61 Å². The molecule has 0 saturated heterocycles. The van der Waals surface area contributed by atoms with Crippen LogP contribution in [0.2, 0.25) is 0 Å². The molecule has 1 fully saturated rings. The lowest BCUT2D eigenvalue weighted by Crippen LogP contribution is -1.99. The van der Waals surface area contributed by atoms with E-state index in [1.165, 1.54) is 12.8 Å². The predicted octanol–water partition coefficient (Wildman–Crippen LogP) is 2.28. The Bertz CT molecular complexity index is 552. The Labute approximate surface area is 93.3 Å². The number of carbonyl (C=O) groups excluding carboxylic acids is 1. The van der Waals surface area contributed by atoms with E-state index in [-0.39, 0.29) is 6.61 Å². The summed E-state index contributed by atoms with van der Waals surface area (Å²) in [5, 5.41) is 10.4. The molecule has 3 nitrogen and oxygen atoms in total. The summed E-state index contributed by atoms with van der Waals surface area (Å²) in [5.41, 5.74) is 2.75. The molecular weight excluding hydrogens is 202 g/mol. The Kier molecular flexibility index (Phi) is 2.07. The number of aromatic nitrogens is 1. The zero-order valence-corrected chi connectivity index (χ0v) is 8.89. The van der Waals surface area contributed by atoms with Crippen LogP contribution in [0.4, 0.5) is 0 Å². The standard InChI is InChI=1S/C13H13NO2/c15-7-9-1-4-13-10(5-9)6-12(8-16)14(13)11-2-3-11/h1,4-7,11,16H,2-3,8H2. The third kappa shape index (κ3) is 1.36. The van der Waals surface area contributed by atoms with Crippen LogP contribution >= 0.6 is 0 Å². The van der Waals surface area contributed by atoms with E-state index < -0.39 is 0 Å². The van der Waals surface area contributed by atoms with Gasteiger partial charge in [0, 0.05) is 28.2 Å². The van der Waals surface area contributed by atoms with Gasteiger partial charge >= 0.3 is 0 Å². The van der Waals surface area contributed by atoms with Gasteiger partial charge in [-0.25, -0.2) is 0 Å². The highest BCUT2D eigenvalue weighted by Gasteiger charge is 2.26. The summed E-state index contributed by atoms with van der Waals surface area (Å²) in [4.78, 5) is 10.7. The number of fused-ring (bicyclic) bond motifs is 1. The smallest absolute Gasteiger partial charge is 0.150 e. The number of hydrogen-bond acceptors (Lipinski definition) is 2. The summed E-state index contributed by atoms with van der Waals surface area (Å²) in [6, 6.07) is 8.19. The highest BCUT2D eigenvalue weighted by Crippen LogP contribution is 2.39. The van der Waals surface area contributed by atoms with Gasteiger partial charge in [-0.2, -0.15) is 0 Å². The van der Waals surface area contributed by atoms with Crippen molar-refractivity contribution in [2.45, 2.75) is 25.5 Å². The summed E-state index contributed by atoms with van der Waals surface area (Å²) < 4.78 is 2.20. The van der Waals surface area contributed by atoms with Crippen molar-refractivity contribution < 1.29 is 9.90 Å². The molecular formula is C13H13NO2. The van der Waals surface area contributed by atoms with Crippen molar-refractivity contribution in [2.75, 3.05) is 0 Å². The molecule has 1 aromatic heterocycles. The SMILES string of the molecule is O=Cc1ccc2c(c1)cc(CO)n2C1CC1. The number of aliphatic hydroxyl groups is 1. The maximum absolute atomic E-state index is 10.7. The van der Waals surface area contributed by atoms with Crippen molar-refractivity contribution in [1.29, 1.82) is 0 Å². The van der Waals surface area contributed by atoms with Crippen molar-refractivity contribution in [2.24, 2.45) is 0 Å². The normalized spacial score (nSPS) is 15.6. The third-order valence-corrected chi connectivity index (χ3v) is 3.15. The van der Waals surface area contributed by atoms with Crippen LogP contribution in [0.5, 0.6) is 0 Å². The van der Waals surface area contributed by atoms with Crippen LogP contribution in [0.3, 0.4) is 0 Å². The molecule has 0 bridgehead atoms. The van der Waals surface area contributed by atoms with Gasteiger partial charge in [-0.1, -0.05) is 0 Å². The second kappa shape index (κ2) is 3.46. The van der Waals surface area contributed by atoms with Crippen LogP contribution < -0.4 is 0 Å². The zero-order valence-electron chi connectivity index (χ0n) is 8.89. The Morgan fingerprint density at radius 2 is 2.19 bits per heavy atom. The monoisotopic (exact) mass is 215 g/mol. The molecule has 82 valence electrons. The first kappa shape index (κ1) is 9.60. The first-order chi connectivity index (χ1) is 7.83. The molecule has 3 heteroatoms. The summed E-state index contributed by atoms with van der Waals surface area (Å²) in [6.07, 6.45) is 3.23. The van der Waals surface area contributed by atoms with Crippen LogP contribution in [-0.4, -0.2) is 16.0 Å². The van der Waals surface area contributed by atoms with E-state index in [4.69, 9.17) is 0 Å². The van der Waals surface area contributed by atoms with E-state index in [1.807, 2.05) is 24.3 Å². The lowest BCUT2D eigenvalue weighted by molar-refractivity contribution is 0.112. The zero-order chi connectivity index (χ0) is 11.1. The number of benzene rings is 1. The minimum atomic E-state index is 0.0571. The Morgan fingerprint density at radius 1 is 1.38 bits per heavy atom. The van der Waals surface area contributed by atoms with Crippen molar-refractivity contribution in [3.05, 3.63) is 35.5 Å². The van der Waals surface area contributed by atoms with E-state index in [0.29, 0.717) is 11.6 Å². The lowest BCUT2D eigenvalue weighted by atomic mass is 10.2. The van der Waals surface area contributed by atoms with Crippen molar-refractivity contribution >= 4 is 17.2 Å². The minimum absolute atomic E-state index is 0.0571. The average molecular weight is 215 g/mol. The molecule has 1 saturated carbocycles. The van der Waals surface area contributed by atoms with Gasteiger partial charge < -0.3 is 9.67 Å². The second-order valence-corrected chi connectivity index (χ2v) is 4.33. The van der Waals surface area contributed by atoms with Crippen LogP contribution in [0, 0.1) is 0 Å². The van der Waals surface area contributed by atoms with Crippen LogP contribution in [0.1, 0.15) is 34.9 Å². The van der Waals surface area contributed by atoms with E-state index in [1.54, 1.807) is 0 Å². The van der Waals surface area contributed by atoms with E-state index >= 15 is 0 Å². The molecule has 0 unspecified atom stereocenters. The molecule has 1 heterocycles. The Balaban J connectivity index is 2.25. The van der Waals surface area contributed by atoms with Crippen molar-refractivity contribution in [3.63, 3.8) is 0 Å². The van der Waals surface area contributed by atoms with E-state index in [9.17, 15) is 9.90 Å². The average Bonchev–Trinajstić information content (AvgIpc) is 3.08. The van der Waals surface area contributed by atoms with Crippen LogP contribution in [0.25, 0.3) is 10.9 Å². The molecule has 2 aromatic rings. The summed E-state index contributed by atoms with van der Waals surface area (Å²) >= 11 is 0. The molecule has 0 atom stereocenters. The topological polar surface area (TPSA) is 42.2 Å². The maximum atomic E-state index is 10.7. The van der Waals surface area contributed by atoms with E-state index in [0.717, 1.165) is 22.9 Å². The fourth-order valence-electron chi connectivity index (χ4n) is 2.27. The molecule has 0 amide bonds. The van der Waals surface area contributed by atoms with Crippen LogP contribution in [-0.2, 0) is 6.61 Å². The molecule has 1 aliphatic carbocycles. The molecule has 3 rings (SSSR count). The van der Waals surface area contributed by atoms with Crippen LogP contribution in [0.15, 0.2) is 24.3 Å². The van der Waals surface area contributed by atoms with Gasteiger partial charge in [0.1, 0.15) is 6.29 Å². The number of hydrogen-bond donors (Lipinski definition) is 1. The number of carbonyl (C=O) groups is 1. The van der Waals surface area contributed by atoms with Crippen molar-refractivity contribution in [1.82, 2.24) is 4.57 Å². The molecule has 1 N–H and O–H groups in total. The lowest BCUT2D eigenvalue weighted by Gasteiger charge is -2.06. The highest BCUT2D eigenvalue weighted by atomic mass is 16.3. The first-order valence-corrected chi connectivity index (χ1v) is 5.53. The van der Waals surface area contributed by atoms with Gasteiger partial charge in [0.2, 0.25) is 0 Å². The highest BCUT2D eigenvalue weighted by molar-refractivity contribution is 5.88. The molecule has 1 aliphatic rings. The summed E-state index contributed by atoms with van der Waals surface area (Å²) in [5.74, 6) is 0. The summed E-state index contributed by atoms with van der Waals surface area (Å²) in [7, 11) is 0. The second-order valence-electron chi connectivity index (χ2n) is 4.33. The van der Waals surface area contributed by atoms with Gasteiger partial charge in [-0.15, -0.1) is 0 Å². The Hall–Kier alpha value is -1.61. The van der Waals surface area contributed by atoms with Crippen molar-refractivity contribution in [3.8, 4) is 0 Å². The third-order valence-electron chi connectivity index (χ3n) is 3.15. The summed E-state index contributed by atoms with van der Waals surface area (Å²) in [6.45, 7) is 0.0571. The fourth-order valence-corrected chi connectivity index (χ4v) is 2.27. The number of rotatable bonds is 3. The number of nitrogens with zero attached hydrogens (tertiary/aromatic N) is 1. The molecule has 0 radical (unpaired) electrons. The van der Waals surface area contributed by atoms with Gasteiger partial charge in [0.15, 0.2) is 0 Å². The Morgan fingerprint density at radius 3 is 2.81 bits per heavy atom. The van der Waals surface area contributed by atoms with Gasteiger partial charge in [-0.3, -0.25) is 4.79 Å². The molecule has 1 aromatic carbocycles. The minimum Gasteiger partial charge on any atom is -0.390 e. The number of aldehydes is 1. The first-order valence-electron chi connectivity index (χ1n) is 5.53. The largest absolute Gasteiger partial charge is 0.390 e. The van der Waals surface area contributed by atoms with E-state index in [2.05, 4.69) is 4.57 Å².